The van der Waals surface area contributed by atoms with E-state index in [2.05, 4.69) is 97.2 Å². The second-order valence-electron chi connectivity index (χ2n) is 17.0. The van der Waals surface area contributed by atoms with Gasteiger partial charge in [-0.05, 0) is 137 Å². The van der Waals surface area contributed by atoms with Gasteiger partial charge >= 0.3 is 0 Å². The summed E-state index contributed by atoms with van der Waals surface area (Å²) in [5.74, 6) is 5.53. The molecular formula is C50H58N4. The van der Waals surface area contributed by atoms with Gasteiger partial charge in [0.1, 0.15) is 11.6 Å². The Morgan fingerprint density at radius 2 is 1.44 bits per heavy atom. The van der Waals surface area contributed by atoms with Gasteiger partial charge < -0.3 is 0 Å². The molecule has 7 aliphatic carbocycles. The summed E-state index contributed by atoms with van der Waals surface area (Å²) in [4.78, 5) is 21.4. The molecule has 1 aliphatic heterocycles. The average molecular weight is 715 g/mol. The molecule has 0 saturated carbocycles. The van der Waals surface area contributed by atoms with Crippen molar-refractivity contribution in [1.29, 1.82) is 0 Å². The molecule has 4 heteroatoms. The molecular weight excluding hydrogens is 657 g/mol. The lowest BCUT2D eigenvalue weighted by Gasteiger charge is -2.35. The third kappa shape index (κ3) is 7.95. The van der Waals surface area contributed by atoms with E-state index in [-0.39, 0.29) is 5.92 Å². The Morgan fingerprint density at radius 3 is 2.19 bits per heavy atom. The summed E-state index contributed by atoms with van der Waals surface area (Å²) < 4.78 is 0. The third-order valence-corrected chi connectivity index (χ3v) is 13.5. The van der Waals surface area contributed by atoms with Gasteiger partial charge in [-0.3, -0.25) is 4.99 Å². The number of aromatic nitrogens is 3. The van der Waals surface area contributed by atoms with Crippen molar-refractivity contribution in [3.63, 3.8) is 0 Å². The smallest absolute Gasteiger partial charge is 0.159 e. The van der Waals surface area contributed by atoms with Gasteiger partial charge in [0.2, 0.25) is 0 Å². The van der Waals surface area contributed by atoms with Crippen molar-refractivity contribution in [2.24, 2.45) is 28.7 Å². The molecule has 0 saturated heterocycles. The second-order valence-corrected chi connectivity index (χ2v) is 17.0. The van der Waals surface area contributed by atoms with Crippen molar-refractivity contribution in [1.82, 2.24) is 15.0 Å². The molecule has 6 unspecified atom stereocenters. The highest BCUT2D eigenvalue weighted by atomic mass is 15.0. The van der Waals surface area contributed by atoms with Crippen LogP contribution in [0.3, 0.4) is 0 Å². The van der Waals surface area contributed by atoms with Crippen LogP contribution in [-0.4, -0.2) is 27.2 Å². The highest BCUT2D eigenvalue weighted by molar-refractivity contribution is 6.04. The third-order valence-electron chi connectivity index (χ3n) is 13.5. The van der Waals surface area contributed by atoms with Gasteiger partial charge in [-0.2, -0.15) is 0 Å². The fourth-order valence-electron chi connectivity index (χ4n) is 10.3. The average Bonchev–Trinajstić information content (AvgIpc) is 3.27. The van der Waals surface area contributed by atoms with Gasteiger partial charge in [-0.25, -0.2) is 15.0 Å². The monoisotopic (exact) mass is 714 g/mol. The zero-order valence-corrected chi connectivity index (χ0v) is 32.2. The highest BCUT2D eigenvalue weighted by Crippen LogP contribution is 2.42. The quantitative estimate of drug-likeness (QED) is 0.252. The summed E-state index contributed by atoms with van der Waals surface area (Å²) in [6.45, 7) is 0.962. The maximum absolute atomic E-state index is 5.46. The first kappa shape index (κ1) is 35.5. The van der Waals surface area contributed by atoms with Crippen molar-refractivity contribution < 1.29 is 0 Å². The van der Waals surface area contributed by atoms with Gasteiger partial charge in [0.15, 0.2) is 5.82 Å². The van der Waals surface area contributed by atoms with Crippen LogP contribution in [0.5, 0.6) is 0 Å². The Morgan fingerprint density at radius 1 is 0.537 bits per heavy atom. The van der Waals surface area contributed by atoms with E-state index in [9.17, 15) is 0 Å². The minimum atomic E-state index is 0.184. The molecule has 0 N–H and O–H groups in total. The number of allylic oxidation sites excluding steroid dienone is 21. The SMILES string of the molecule is C1=CCCC(C2CC(C3=CCCCC3)CN=C2C2=CCC(c3nc(C4=CCC(C5=CCCC=C5)CC4)nc(C4C=CC(C5C=CC=CC5)=CC4)n3)CC2)=C1. The van der Waals surface area contributed by atoms with Crippen molar-refractivity contribution >= 4 is 11.3 Å². The standard InChI is InChI=1S/C50H58N4/c1-5-13-35(14-6-1)38-21-27-42(28-22-38)48-52-49(43-29-23-39(24-30-43)36-15-7-2-8-16-36)54-50(53-48)44-31-25-41(26-32-44)47-46(40-19-11-4-12-20-40)33-45(34-51-47)37-17-9-3-10-18-37/h1,4-7,11,13,15-17,19,21-22,25,27,29,35,39,42,44-46H,2-3,8-10,12,14,18,20,23-24,26,28,30-34H2. The molecule has 0 aromatic carbocycles. The van der Waals surface area contributed by atoms with Crippen LogP contribution >= 0.6 is 0 Å². The minimum absolute atomic E-state index is 0.184. The lowest BCUT2D eigenvalue weighted by molar-refractivity contribution is 0.463. The number of aliphatic imine (C=N–C) groups is 1. The van der Waals surface area contributed by atoms with Crippen LogP contribution < -0.4 is 0 Å². The molecule has 0 amide bonds. The first-order valence-electron chi connectivity index (χ1n) is 21.6. The molecule has 0 bridgehead atoms. The van der Waals surface area contributed by atoms with Gasteiger partial charge in [-0.1, -0.05) is 108 Å². The van der Waals surface area contributed by atoms with Crippen molar-refractivity contribution in [2.45, 2.75) is 121 Å². The Hall–Kier alpha value is -4.18. The number of rotatable bonds is 8. The molecule has 8 aliphatic rings. The number of hydrogen-bond acceptors (Lipinski definition) is 4. The van der Waals surface area contributed by atoms with E-state index in [1.807, 2.05) is 0 Å². The molecule has 1 aromatic rings. The molecule has 0 radical (unpaired) electrons. The molecule has 54 heavy (non-hydrogen) atoms. The van der Waals surface area contributed by atoms with Gasteiger partial charge in [0.05, 0.1) is 0 Å². The fourth-order valence-corrected chi connectivity index (χ4v) is 10.3. The Bertz CT molecular complexity index is 1970. The lowest BCUT2D eigenvalue weighted by atomic mass is 9.72. The van der Waals surface area contributed by atoms with Gasteiger partial charge in [0.25, 0.3) is 0 Å². The van der Waals surface area contributed by atoms with Crippen LogP contribution in [0.2, 0.25) is 0 Å². The van der Waals surface area contributed by atoms with Crippen LogP contribution in [0.4, 0.5) is 0 Å². The van der Waals surface area contributed by atoms with Crippen LogP contribution in [0.25, 0.3) is 5.57 Å². The zero-order chi connectivity index (χ0) is 36.1. The van der Waals surface area contributed by atoms with Gasteiger partial charge in [-0.15, -0.1) is 0 Å². The van der Waals surface area contributed by atoms with E-state index in [1.165, 1.54) is 85.8 Å². The summed E-state index contributed by atoms with van der Waals surface area (Å²) in [5.41, 5.74) is 10.4. The Balaban J connectivity index is 0.973. The number of nitrogens with zero attached hydrogens (tertiary/aromatic N) is 4. The second kappa shape index (κ2) is 16.7. The fraction of sp³-hybridized carbons (Fsp3) is 0.480. The summed E-state index contributed by atoms with van der Waals surface area (Å²) in [6, 6.07) is 0. The number of hydrogen-bond donors (Lipinski definition) is 0. The maximum atomic E-state index is 5.46. The van der Waals surface area contributed by atoms with Gasteiger partial charge in [0, 0.05) is 41.8 Å². The first-order chi connectivity index (χ1) is 26.7. The molecule has 0 spiro atoms. The minimum Gasteiger partial charge on any atom is -0.288 e. The van der Waals surface area contributed by atoms with E-state index in [0.717, 1.165) is 75.4 Å². The largest absolute Gasteiger partial charge is 0.288 e. The molecule has 0 fully saturated rings. The van der Waals surface area contributed by atoms with Crippen molar-refractivity contribution in [3.05, 3.63) is 143 Å². The zero-order valence-electron chi connectivity index (χ0n) is 32.2. The summed E-state index contributed by atoms with van der Waals surface area (Å²) in [6.07, 6.45) is 57.4. The topological polar surface area (TPSA) is 51.0 Å². The van der Waals surface area contributed by atoms with E-state index >= 15 is 0 Å². The summed E-state index contributed by atoms with van der Waals surface area (Å²) in [5, 5.41) is 0. The van der Waals surface area contributed by atoms with E-state index in [4.69, 9.17) is 19.9 Å². The maximum Gasteiger partial charge on any atom is 0.159 e. The normalized spacial score (nSPS) is 31.1. The summed E-state index contributed by atoms with van der Waals surface area (Å²) in [7, 11) is 0. The lowest BCUT2D eigenvalue weighted by Crippen LogP contribution is -2.31. The predicted molar refractivity (Wildman–Crippen MR) is 224 cm³/mol. The molecule has 6 atom stereocenters. The van der Waals surface area contributed by atoms with Crippen LogP contribution in [0.15, 0.2) is 130 Å². The molecule has 2 heterocycles. The molecule has 1 aromatic heterocycles. The van der Waals surface area contributed by atoms with Crippen molar-refractivity contribution in [2.75, 3.05) is 6.54 Å². The Kier molecular flexibility index (Phi) is 11.0. The van der Waals surface area contributed by atoms with E-state index in [1.54, 1.807) is 11.1 Å². The van der Waals surface area contributed by atoms with Crippen LogP contribution in [0.1, 0.15) is 138 Å². The van der Waals surface area contributed by atoms with E-state index in [0.29, 0.717) is 29.6 Å². The summed E-state index contributed by atoms with van der Waals surface area (Å²) >= 11 is 0. The molecule has 278 valence electrons. The van der Waals surface area contributed by atoms with Crippen molar-refractivity contribution in [3.8, 4) is 0 Å². The molecule has 4 nitrogen and oxygen atoms in total. The Labute approximate surface area is 324 Å². The predicted octanol–water partition coefficient (Wildman–Crippen LogP) is 12.5. The van der Waals surface area contributed by atoms with Crippen LogP contribution in [0, 0.1) is 23.7 Å². The van der Waals surface area contributed by atoms with E-state index < -0.39 is 0 Å². The molecule has 9 rings (SSSR count). The van der Waals surface area contributed by atoms with Crippen LogP contribution in [-0.2, 0) is 0 Å². The highest BCUT2D eigenvalue weighted by Gasteiger charge is 2.34. The first-order valence-corrected chi connectivity index (χ1v) is 21.6.